The van der Waals surface area contributed by atoms with Gasteiger partial charge < -0.3 is 10.2 Å². The van der Waals surface area contributed by atoms with Gasteiger partial charge >= 0.3 is 5.97 Å². The largest absolute Gasteiger partial charge is 0.351 e. The number of rotatable bonds is 2. The highest BCUT2D eigenvalue weighted by molar-refractivity contribution is 5.80. The lowest BCUT2D eigenvalue weighted by Crippen LogP contribution is -2.37. The maximum atomic E-state index is 11.8. The molecule has 1 aliphatic rings. The molecule has 1 atom stereocenters. The van der Waals surface area contributed by atoms with Crippen LogP contribution in [0.25, 0.3) is 10.9 Å². The van der Waals surface area contributed by atoms with E-state index < -0.39 is 0 Å². The molecule has 0 spiro atoms. The Bertz CT molecular complexity index is 543. The molecule has 0 radical (unpaired) electrons. The lowest BCUT2D eigenvalue weighted by atomic mass is 10.2. The van der Waals surface area contributed by atoms with Gasteiger partial charge in [0.15, 0.2) is 0 Å². The summed E-state index contributed by atoms with van der Waals surface area (Å²) < 4.78 is 0. The van der Waals surface area contributed by atoms with Crippen molar-refractivity contribution < 1.29 is 9.63 Å². The highest BCUT2D eigenvalue weighted by Crippen LogP contribution is 2.12. The number of carbonyl (C=O) groups excluding carboxylic acids is 1. The van der Waals surface area contributed by atoms with Gasteiger partial charge in [0, 0.05) is 5.39 Å². The van der Waals surface area contributed by atoms with Gasteiger partial charge in [-0.3, -0.25) is 0 Å². The predicted molar refractivity (Wildman–Crippen MR) is 62.3 cm³/mol. The van der Waals surface area contributed by atoms with Gasteiger partial charge in [-0.1, -0.05) is 23.0 Å². The van der Waals surface area contributed by atoms with Crippen molar-refractivity contribution in [3.63, 3.8) is 0 Å². The summed E-state index contributed by atoms with van der Waals surface area (Å²) in [6, 6.07) is 7.42. The van der Waals surface area contributed by atoms with Crippen molar-refractivity contribution in [1.82, 2.24) is 15.3 Å². The molecule has 88 valence electrons. The van der Waals surface area contributed by atoms with Crippen LogP contribution >= 0.6 is 0 Å². The van der Waals surface area contributed by atoms with Gasteiger partial charge in [0.2, 0.25) is 0 Å². The lowest BCUT2D eigenvalue weighted by Gasteiger charge is -2.09. The number of aromatic nitrogens is 2. The number of fused-ring (bicyclic) bond motifs is 1. The molecule has 17 heavy (non-hydrogen) atoms. The minimum Gasteiger partial charge on any atom is -0.317 e. The first kappa shape index (κ1) is 10.3. The van der Waals surface area contributed by atoms with E-state index in [-0.39, 0.29) is 12.0 Å². The summed E-state index contributed by atoms with van der Waals surface area (Å²) in [5.41, 5.74) is 0.804. The minimum absolute atomic E-state index is 0.196. The zero-order valence-corrected chi connectivity index (χ0v) is 9.30. The van der Waals surface area contributed by atoms with E-state index in [9.17, 15) is 4.79 Å². The van der Waals surface area contributed by atoms with E-state index in [4.69, 9.17) is 4.84 Å². The van der Waals surface area contributed by atoms with Crippen molar-refractivity contribution in [2.75, 3.05) is 6.54 Å². The van der Waals surface area contributed by atoms with E-state index in [2.05, 4.69) is 10.4 Å². The molecule has 2 aromatic rings. The zero-order valence-electron chi connectivity index (χ0n) is 9.30. The third-order valence-electron chi connectivity index (χ3n) is 2.97. The van der Waals surface area contributed by atoms with Gasteiger partial charge in [0.1, 0.15) is 11.6 Å². The van der Waals surface area contributed by atoms with Crippen molar-refractivity contribution >= 4 is 16.9 Å². The average molecular weight is 231 g/mol. The van der Waals surface area contributed by atoms with E-state index in [1.54, 1.807) is 6.20 Å². The molecule has 2 heterocycles. The predicted octanol–water partition coefficient (Wildman–Crippen LogP) is 0.743. The Balaban J connectivity index is 1.82. The van der Waals surface area contributed by atoms with E-state index in [0.717, 1.165) is 30.3 Å². The summed E-state index contributed by atoms with van der Waals surface area (Å²) in [4.78, 5) is 18.4. The SMILES string of the molecule is O=C(On1ncc2ccccc21)[C@@H]1CCCN1. The van der Waals surface area contributed by atoms with Crippen LogP contribution in [0, 0.1) is 0 Å². The van der Waals surface area contributed by atoms with Gasteiger partial charge in [-0.2, -0.15) is 0 Å². The summed E-state index contributed by atoms with van der Waals surface area (Å²) in [5.74, 6) is -0.267. The Morgan fingerprint density at radius 3 is 3.18 bits per heavy atom. The van der Waals surface area contributed by atoms with Gasteiger partial charge in [0.05, 0.1) is 6.20 Å². The van der Waals surface area contributed by atoms with Gasteiger partial charge in [-0.15, -0.1) is 5.10 Å². The Hall–Kier alpha value is -1.88. The number of nitrogens with one attached hydrogen (secondary N) is 1. The molecule has 0 bridgehead atoms. The minimum atomic E-state index is -0.267. The van der Waals surface area contributed by atoms with Crippen LogP contribution in [0.15, 0.2) is 30.5 Å². The fourth-order valence-electron chi connectivity index (χ4n) is 2.06. The smallest absolute Gasteiger partial charge is 0.317 e. The Morgan fingerprint density at radius 1 is 1.47 bits per heavy atom. The summed E-state index contributed by atoms with van der Waals surface area (Å²) in [6.07, 6.45) is 3.53. The molecular weight excluding hydrogens is 218 g/mol. The first-order chi connectivity index (χ1) is 8.34. The topological polar surface area (TPSA) is 56.2 Å². The van der Waals surface area contributed by atoms with Crippen LogP contribution in [0.5, 0.6) is 0 Å². The van der Waals surface area contributed by atoms with Crippen LogP contribution in [0.2, 0.25) is 0 Å². The Morgan fingerprint density at radius 2 is 2.35 bits per heavy atom. The van der Waals surface area contributed by atoms with Crippen molar-refractivity contribution in [3.05, 3.63) is 30.5 Å². The van der Waals surface area contributed by atoms with E-state index >= 15 is 0 Å². The van der Waals surface area contributed by atoms with Gasteiger partial charge in [-0.25, -0.2) is 4.79 Å². The molecule has 1 aromatic heterocycles. The number of hydrogen-bond acceptors (Lipinski definition) is 4. The molecule has 3 rings (SSSR count). The van der Waals surface area contributed by atoms with Crippen LogP contribution in [0.1, 0.15) is 12.8 Å². The molecule has 1 saturated heterocycles. The van der Waals surface area contributed by atoms with E-state index in [1.165, 1.54) is 4.85 Å². The first-order valence-corrected chi connectivity index (χ1v) is 5.73. The molecule has 0 unspecified atom stereocenters. The fraction of sp³-hybridized carbons (Fsp3) is 0.333. The Kier molecular flexibility index (Phi) is 2.53. The highest BCUT2D eigenvalue weighted by atomic mass is 16.7. The van der Waals surface area contributed by atoms with Gasteiger partial charge in [-0.05, 0) is 25.5 Å². The first-order valence-electron chi connectivity index (χ1n) is 5.73. The molecule has 1 aromatic carbocycles. The van der Waals surface area contributed by atoms with Crippen LogP contribution < -0.4 is 10.2 Å². The molecule has 5 heteroatoms. The number of para-hydroxylation sites is 1. The molecule has 1 N–H and O–H groups in total. The van der Waals surface area contributed by atoms with Crippen molar-refractivity contribution in [1.29, 1.82) is 0 Å². The second kappa shape index (κ2) is 4.18. The van der Waals surface area contributed by atoms with Crippen molar-refractivity contribution in [2.24, 2.45) is 0 Å². The second-order valence-corrected chi connectivity index (χ2v) is 4.14. The number of carbonyl (C=O) groups is 1. The fourth-order valence-corrected chi connectivity index (χ4v) is 2.06. The molecule has 0 saturated carbocycles. The number of hydrogen-bond donors (Lipinski definition) is 1. The molecular formula is C12H13N3O2. The van der Waals surface area contributed by atoms with Crippen molar-refractivity contribution in [2.45, 2.75) is 18.9 Å². The molecule has 1 aliphatic heterocycles. The van der Waals surface area contributed by atoms with E-state index in [1.807, 2.05) is 24.3 Å². The van der Waals surface area contributed by atoms with E-state index in [0.29, 0.717) is 0 Å². The molecule has 0 aliphatic carbocycles. The summed E-state index contributed by atoms with van der Waals surface area (Å²) in [6.45, 7) is 0.875. The molecule has 5 nitrogen and oxygen atoms in total. The summed E-state index contributed by atoms with van der Waals surface area (Å²) in [5, 5.41) is 8.11. The zero-order chi connectivity index (χ0) is 11.7. The van der Waals surface area contributed by atoms with Crippen LogP contribution in [0.4, 0.5) is 0 Å². The second-order valence-electron chi connectivity index (χ2n) is 4.14. The van der Waals surface area contributed by atoms with Crippen LogP contribution in [-0.2, 0) is 4.79 Å². The maximum absolute atomic E-state index is 11.8. The normalized spacial score (nSPS) is 19.6. The molecule has 1 fully saturated rings. The third kappa shape index (κ3) is 1.89. The summed E-state index contributed by atoms with van der Waals surface area (Å²) in [7, 11) is 0. The van der Waals surface area contributed by atoms with Gasteiger partial charge in [0.25, 0.3) is 0 Å². The quantitative estimate of drug-likeness (QED) is 0.828. The Labute approximate surface area is 98.3 Å². The van der Waals surface area contributed by atoms with Crippen LogP contribution in [-0.4, -0.2) is 28.5 Å². The monoisotopic (exact) mass is 231 g/mol. The number of nitrogens with zero attached hydrogens (tertiary/aromatic N) is 2. The standard InChI is InChI=1S/C12H13N3O2/c16-12(10-5-3-7-13-10)17-15-11-6-2-1-4-9(11)8-14-15/h1-2,4,6,8,10,13H,3,5,7H2/t10-/m0/s1. The highest BCUT2D eigenvalue weighted by Gasteiger charge is 2.24. The lowest BCUT2D eigenvalue weighted by molar-refractivity contribution is -0.147. The van der Waals surface area contributed by atoms with Crippen LogP contribution in [0.3, 0.4) is 0 Å². The average Bonchev–Trinajstić information content (AvgIpc) is 2.98. The summed E-state index contributed by atoms with van der Waals surface area (Å²) >= 11 is 0. The third-order valence-corrected chi connectivity index (χ3v) is 2.97. The maximum Gasteiger partial charge on any atom is 0.351 e. The molecule has 0 amide bonds. The van der Waals surface area contributed by atoms with Crippen molar-refractivity contribution in [3.8, 4) is 0 Å². The number of benzene rings is 1.